The summed E-state index contributed by atoms with van der Waals surface area (Å²) in [4.78, 5) is 37.2. The molecule has 2 rings (SSSR count). The molecule has 0 aromatic heterocycles. The van der Waals surface area contributed by atoms with E-state index in [1.807, 2.05) is 31.1 Å². The van der Waals surface area contributed by atoms with E-state index in [2.05, 4.69) is 10.6 Å². The van der Waals surface area contributed by atoms with Crippen LogP contribution in [0.25, 0.3) is 0 Å². The van der Waals surface area contributed by atoms with Crippen molar-refractivity contribution < 1.29 is 19.1 Å². The number of hydrogen-bond acceptors (Lipinski definition) is 5. The van der Waals surface area contributed by atoms with Gasteiger partial charge in [-0.2, -0.15) is 0 Å². The SMILES string of the molecule is CC(=O)Oc1cccc(C(=O)NCCCNC(=O)c2ccc(N(C)C)cc2)c1. The zero-order chi connectivity index (χ0) is 20.5. The number of anilines is 1. The Morgan fingerprint density at radius 1 is 0.893 bits per heavy atom. The van der Waals surface area contributed by atoms with Gasteiger partial charge in [-0.25, -0.2) is 0 Å². The molecule has 2 aromatic carbocycles. The lowest BCUT2D eigenvalue weighted by Gasteiger charge is -2.12. The number of nitrogens with zero attached hydrogens (tertiary/aromatic N) is 1. The number of hydrogen-bond donors (Lipinski definition) is 2. The number of carbonyl (C=O) groups is 3. The van der Waals surface area contributed by atoms with Gasteiger partial charge in [0.05, 0.1) is 0 Å². The maximum atomic E-state index is 12.1. The Hall–Kier alpha value is -3.35. The molecule has 0 unspecified atom stereocenters. The second-order valence-corrected chi connectivity index (χ2v) is 6.43. The van der Waals surface area contributed by atoms with Crippen LogP contribution in [-0.4, -0.2) is 45.0 Å². The Bertz CT molecular complexity index is 832. The maximum absolute atomic E-state index is 12.1. The Labute approximate surface area is 164 Å². The van der Waals surface area contributed by atoms with E-state index in [0.29, 0.717) is 36.4 Å². The van der Waals surface area contributed by atoms with Gasteiger partial charge in [0.15, 0.2) is 0 Å². The average molecular weight is 383 g/mol. The monoisotopic (exact) mass is 383 g/mol. The molecular weight excluding hydrogens is 358 g/mol. The third-order valence-electron chi connectivity index (χ3n) is 3.93. The van der Waals surface area contributed by atoms with Gasteiger partial charge < -0.3 is 20.3 Å². The molecule has 0 aliphatic carbocycles. The van der Waals surface area contributed by atoms with Crippen LogP contribution in [0.3, 0.4) is 0 Å². The zero-order valence-corrected chi connectivity index (χ0v) is 16.3. The van der Waals surface area contributed by atoms with Crippen molar-refractivity contribution in [3.05, 3.63) is 59.7 Å². The first-order valence-corrected chi connectivity index (χ1v) is 8.99. The number of carbonyl (C=O) groups excluding carboxylic acids is 3. The van der Waals surface area contributed by atoms with E-state index in [4.69, 9.17) is 4.74 Å². The molecule has 0 aliphatic rings. The van der Waals surface area contributed by atoms with Gasteiger partial charge >= 0.3 is 5.97 Å². The minimum absolute atomic E-state index is 0.147. The molecule has 0 heterocycles. The van der Waals surface area contributed by atoms with E-state index in [0.717, 1.165) is 5.69 Å². The summed E-state index contributed by atoms with van der Waals surface area (Å²) < 4.78 is 4.97. The molecule has 0 atom stereocenters. The zero-order valence-electron chi connectivity index (χ0n) is 16.3. The largest absolute Gasteiger partial charge is 0.427 e. The lowest BCUT2D eigenvalue weighted by atomic mass is 10.2. The van der Waals surface area contributed by atoms with Crippen LogP contribution in [-0.2, 0) is 4.79 Å². The van der Waals surface area contributed by atoms with Crippen molar-refractivity contribution in [1.82, 2.24) is 10.6 Å². The molecule has 2 amide bonds. The normalized spacial score (nSPS) is 10.1. The Morgan fingerprint density at radius 2 is 1.50 bits per heavy atom. The van der Waals surface area contributed by atoms with Crippen LogP contribution in [0, 0.1) is 0 Å². The summed E-state index contributed by atoms with van der Waals surface area (Å²) in [7, 11) is 3.88. The molecule has 0 aliphatic heterocycles. The lowest BCUT2D eigenvalue weighted by molar-refractivity contribution is -0.131. The van der Waals surface area contributed by atoms with Crippen molar-refractivity contribution in [2.45, 2.75) is 13.3 Å². The van der Waals surface area contributed by atoms with Gasteiger partial charge in [-0.1, -0.05) is 6.07 Å². The van der Waals surface area contributed by atoms with E-state index in [1.54, 1.807) is 30.3 Å². The van der Waals surface area contributed by atoms with Gasteiger partial charge in [0.2, 0.25) is 0 Å². The van der Waals surface area contributed by atoms with Gasteiger partial charge in [0, 0.05) is 50.9 Å². The Morgan fingerprint density at radius 3 is 2.07 bits per heavy atom. The number of amides is 2. The Balaban J connectivity index is 1.73. The minimum Gasteiger partial charge on any atom is -0.427 e. The highest BCUT2D eigenvalue weighted by atomic mass is 16.5. The topological polar surface area (TPSA) is 87.7 Å². The minimum atomic E-state index is -0.440. The first-order chi connectivity index (χ1) is 13.4. The van der Waals surface area contributed by atoms with E-state index >= 15 is 0 Å². The summed E-state index contributed by atoms with van der Waals surface area (Å²) in [5.74, 6) is -0.525. The van der Waals surface area contributed by atoms with E-state index < -0.39 is 5.97 Å². The molecule has 7 heteroatoms. The first-order valence-electron chi connectivity index (χ1n) is 8.99. The number of nitrogens with one attached hydrogen (secondary N) is 2. The summed E-state index contributed by atoms with van der Waals surface area (Å²) in [6.07, 6.45) is 0.594. The van der Waals surface area contributed by atoms with Crippen LogP contribution in [0.15, 0.2) is 48.5 Å². The summed E-state index contributed by atoms with van der Waals surface area (Å²) in [5, 5.41) is 5.61. The summed E-state index contributed by atoms with van der Waals surface area (Å²) in [6.45, 7) is 2.16. The average Bonchev–Trinajstić information content (AvgIpc) is 2.67. The number of rotatable bonds is 8. The molecule has 2 N–H and O–H groups in total. The number of esters is 1. The summed E-state index contributed by atoms with van der Waals surface area (Å²) in [5.41, 5.74) is 2.03. The van der Waals surface area contributed by atoms with Crippen LogP contribution in [0.5, 0.6) is 5.75 Å². The molecular formula is C21H25N3O4. The highest BCUT2D eigenvalue weighted by molar-refractivity contribution is 5.95. The van der Waals surface area contributed by atoms with Gasteiger partial charge in [-0.3, -0.25) is 14.4 Å². The van der Waals surface area contributed by atoms with Crippen LogP contribution in [0.1, 0.15) is 34.1 Å². The lowest BCUT2D eigenvalue weighted by Crippen LogP contribution is -2.30. The fourth-order valence-corrected chi connectivity index (χ4v) is 2.47. The molecule has 0 fully saturated rings. The molecule has 0 bridgehead atoms. The maximum Gasteiger partial charge on any atom is 0.308 e. The van der Waals surface area contributed by atoms with Gasteiger partial charge in [-0.05, 0) is 48.9 Å². The quantitative estimate of drug-likeness (QED) is 0.415. The van der Waals surface area contributed by atoms with Gasteiger partial charge in [-0.15, -0.1) is 0 Å². The fourth-order valence-electron chi connectivity index (χ4n) is 2.47. The standard InChI is InChI=1S/C21H25N3O4/c1-15(25)28-19-7-4-6-17(14-19)21(27)23-13-5-12-22-20(26)16-8-10-18(11-9-16)24(2)3/h4,6-11,14H,5,12-13H2,1-3H3,(H,22,26)(H,23,27). The molecule has 2 aromatic rings. The third-order valence-corrected chi connectivity index (χ3v) is 3.93. The van der Waals surface area contributed by atoms with Crippen molar-refractivity contribution in [2.24, 2.45) is 0 Å². The van der Waals surface area contributed by atoms with Crippen molar-refractivity contribution in [1.29, 1.82) is 0 Å². The Kier molecular flexibility index (Phi) is 7.56. The molecule has 0 saturated carbocycles. The van der Waals surface area contributed by atoms with Gasteiger partial charge in [0.1, 0.15) is 5.75 Å². The molecule has 0 radical (unpaired) electrons. The molecule has 148 valence electrons. The highest BCUT2D eigenvalue weighted by Gasteiger charge is 2.08. The van der Waals surface area contributed by atoms with Crippen molar-refractivity contribution in [3.8, 4) is 5.75 Å². The first kappa shape index (κ1) is 21.0. The molecule has 7 nitrogen and oxygen atoms in total. The van der Waals surface area contributed by atoms with E-state index in [9.17, 15) is 14.4 Å². The number of ether oxygens (including phenoxy) is 1. The van der Waals surface area contributed by atoms with Crippen LogP contribution >= 0.6 is 0 Å². The second kappa shape index (κ2) is 10.1. The van der Waals surface area contributed by atoms with Crippen molar-refractivity contribution in [3.63, 3.8) is 0 Å². The molecule has 0 saturated heterocycles. The second-order valence-electron chi connectivity index (χ2n) is 6.43. The van der Waals surface area contributed by atoms with Crippen molar-refractivity contribution in [2.75, 3.05) is 32.1 Å². The molecule has 28 heavy (non-hydrogen) atoms. The summed E-state index contributed by atoms with van der Waals surface area (Å²) in [6, 6.07) is 13.7. The van der Waals surface area contributed by atoms with E-state index in [1.165, 1.54) is 13.0 Å². The third kappa shape index (κ3) is 6.42. The van der Waals surface area contributed by atoms with Crippen molar-refractivity contribution >= 4 is 23.5 Å². The van der Waals surface area contributed by atoms with E-state index in [-0.39, 0.29) is 11.8 Å². The number of benzene rings is 2. The highest BCUT2D eigenvalue weighted by Crippen LogP contribution is 2.14. The predicted octanol–water partition coefficient (Wildman–Crippen LogP) is 2.23. The van der Waals surface area contributed by atoms with Gasteiger partial charge in [0.25, 0.3) is 11.8 Å². The predicted molar refractivity (Wildman–Crippen MR) is 108 cm³/mol. The van der Waals surface area contributed by atoms with Crippen LogP contribution in [0.4, 0.5) is 5.69 Å². The molecule has 0 spiro atoms. The fraction of sp³-hybridized carbons (Fsp3) is 0.286. The van der Waals surface area contributed by atoms with Crippen LogP contribution < -0.4 is 20.3 Å². The smallest absolute Gasteiger partial charge is 0.308 e. The summed E-state index contributed by atoms with van der Waals surface area (Å²) >= 11 is 0. The van der Waals surface area contributed by atoms with Crippen LogP contribution in [0.2, 0.25) is 0 Å².